The van der Waals surface area contributed by atoms with Gasteiger partial charge in [0.15, 0.2) is 0 Å². The van der Waals surface area contributed by atoms with Crippen molar-refractivity contribution in [3.63, 3.8) is 0 Å². The molecule has 4 aromatic rings. The van der Waals surface area contributed by atoms with Gasteiger partial charge >= 0.3 is 0 Å². The third-order valence-electron chi connectivity index (χ3n) is 10.2. The molecule has 6 rings (SSSR count). The first kappa shape index (κ1) is 33.6. The van der Waals surface area contributed by atoms with Crippen molar-refractivity contribution >= 4 is 52.6 Å². The molecule has 0 saturated carbocycles. The summed E-state index contributed by atoms with van der Waals surface area (Å²) in [5.41, 5.74) is 3.75. The molecule has 2 heterocycles. The molecule has 9 heteroatoms. The van der Waals surface area contributed by atoms with Crippen LogP contribution in [-0.2, 0) is 6.54 Å². The van der Waals surface area contributed by atoms with Gasteiger partial charge in [-0.1, -0.05) is 64.1 Å². The first-order chi connectivity index (χ1) is 23.0. The molecule has 4 aromatic carbocycles. The number of carbonyl (C=O) groups is 2. The maximum absolute atomic E-state index is 13.6. The molecule has 0 bridgehead atoms. The van der Waals surface area contributed by atoms with Crippen LogP contribution in [0.25, 0.3) is 10.8 Å². The predicted octanol–water partition coefficient (Wildman–Crippen LogP) is 7.64. The van der Waals surface area contributed by atoms with Crippen LogP contribution in [-0.4, -0.2) is 74.7 Å². The highest BCUT2D eigenvalue weighted by molar-refractivity contribution is 7.98. The molecule has 8 nitrogen and oxygen atoms in total. The van der Waals surface area contributed by atoms with Gasteiger partial charge in [-0.2, -0.15) is 0 Å². The maximum Gasteiger partial charge on any atom is 0.261 e. The summed E-state index contributed by atoms with van der Waals surface area (Å²) in [6.07, 6.45) is 0. The summed E-state index contributed by atoms with van der Waals surface area (Å²) in [6.45, 7) is 17.6. The summed E-state index contributed by atoms with van der Waals surface area (Å²) in [5, 5.41) is 5.27. The zero-order valence-electron chi connectivity index (χ0n) is 28.6. The van der Waals surface area contributed by atoms with E-state index < -0.39 is 5.41 Å². The minimum absolute atomic E-state index is 0.240. The number of piperazine rings is 1. The van der Waals surface area contributed by atoms with E-state index in [1.165, 1.54) is 22.5 Å². The zero-order chi connectivity index (χ0) is 34.1. The van der Waals surface area contributed by atoms with Gasteiger partial charge in [0.2, 0.25) is 0 Å². The standard InChI is InChI=1S/C39H45N5O3S/c1-38(2,25-44-36(45)31-11-7-9-28-10-8-12-32(35(28)31)37(44)46)39(3,4)26-47-30-16-13-27(14-17-30)24-41-33-23-29(15-18-34(33)48-40-5)43-21-19-42(6)20-22-43/h7-18,23,41H,5,19-22,24-26H2,1-4,6H3. The first-order valence-corrected chi connectivity index (χ1v) is 17.3. The van der Waals surface area contributed by atoms with Crippen LogP contribution in [0.2, 0.25) is 0 Å². The Labute approximate surface area is 288 Å². The Morgan fingerprint density at radius 3 is 2.12 bits per heavy atom. The number of likely N-dealkylation sites (N-methyl/N-ethyl adjacent to an activating group) is 1. The van der Waals surface area contributed by atoms with Gasteiger partial charge in [-0.3, -0.25) is 14.5 Å². The predicted molar refractivity (Wildman–Crippen MR) is 198 cm³/mol. The smallest absolute Gasteiger partial charge is 0.261 e. The number of hydrogen-bond acceptors (Lipinski definition) is 8. The minimum atomic E-state index is -0.434. The molecule has 250 valence electrons. The molecule has 2 amide bonds. The molecule has 0 atom stereocenters. The molecule has 0 aliphatic carbocycles. The monoisotopic (exact) mass is 663 g/mol. The highest BCUT2D eigenvalue weighted by Gasteiger charge is 2.43. The third kappa shape index (κ3) is 6.80. The average molecular weight is 664 g/mol. The largest absolute Gasteiger partial charge is 0.493 e. The Hall–Kier alpha value is -4.34. The molecule has 0 aromatic heterocycles. The van der Waals surface area contributed by atoms with E-state index in [9.17, 15) is 9.59 Å². The second kappa shape index (κ2) is 13.6. The fourth-order valence-electron chi connectivity index (χ4n) is 6.26. The molecule has 0 unspecified atom stereocenters. The van der Waals surface area contributed by atoms with Gasteiger partial charge in [-0.25, -0.2) is 4.40 Å². The third-order valence-corrected chi connectivity index (χ3v) is 10.9. The average Bonchev–Trinajstić information content (AvgIpc) is 3.08. The highest BCUT2D eigenvalue weighted by Crippen LogP contribution is 2.41. The van der Waals surface area contributed by atoms with Gasteiger partial charge < -0.3 is 19.9 Å². The van der Waals surface area contributed by atoms with E-state index in [1.54, 1.807) is 0 Å². The molecule has 1 fully saturated rings. The van der Waals surface area contributed by atoms with Crippen LogP contribution in [0.1, 0.15) is 54.0 Å². The van der Waals surface area contributed by atoms with Crippen molar-refractivity contribution in [2.24, 2.45) is 15.2 Å². The highest BCUT2D eigenvalue weighted by atomic mass is 32.2. The Kier molecular flexibility index (Phi) is 9.54. The van der Waals surface area contributed by atoms with Crippen LogP contribution in [0.3, 0.4) is 0 Å². The molecule has 48 heavy (non-hydrogen) atoms. The maximum atomic E-state index is 13.6. The van der Waals surface area contributed by atoms with E-state index in [1.807, 2.05) is 48.5 Å². The lowest BCUT2D eigenvalue weighted by atomic mass is 9.68. The van der Waals surface area contributed by atoms with Crippen LogP contribution in [0.15, 0.2) is 88.2 Å². The van der Waals surface area contributed by atoms with Crippen LogP contribution >= 0.6 is 11.9 Å². The van der Waals surface area contributed by atoms with Crippen molar-refractivity contribution in [1.82, 2.24) is 9.80 Å². The lowest BCUT2D eigenvalue weighted by molar-refractivity contribution is 0.0159. The summed E-state index contributed by atoms with van der Waals surface area (Å²) in [4.78, 5) is 34.4. The Balaban J connectivity index is 1.08. The number of benzene rings is 4. The molecule has 2 aliphatic heterocycles. The summed E-state index contributed by atoms with van der Waals surface area (Å²) < 4.78 is 10.4. The second-order valence-corrected chi connectivity index (χ2v) is 15.0. The number of nitrogens with zero attached hydrogens (tertiary/aromatic N) is 4. The topological polar surface area (TPSA) is 77.5 Å². The van der Waals surface area contributed by atoms with E-state index >= 15 is 0 Å². The van der Waals surface area contributed by atoms with Crippen molar-refractivity contribution in [3.05, 3.63) is 95.6 Å². The second-order valence-electron chi connectivity index (χ2n) is 14.2. The van der Waals surface area contributed by atoms with Crippen molar-refractivity contribution < 1.29 is 14.3 Å². The van der Waals surface area contributed by atoms with Crippen molar-refractivity contribution in [1.29, 1.82) is 0 Å². The zero-order valence-corrected chi connectivity index (χ0v) is 29.4. The number of nitrogens with one attached hydrogen (secondary N) is 1. The lowest BCUT2D eigenvalue weighted by Gasteiger charge is -2.44. The summed E-state index contributed by atoms with van der Waals surface area (Å²) in [7, 11) is 2.17. The van der Waals surface area contributed by atoms with Crippen LogP contribution in [0.4, 0.5) is 11.4 Å². The molecule has 2 aliphatic rings. The molecule has 0 spiro atoms. The quantitative estimate of drug-likeness (QED) is 0.0949. The molecule has 1 N–H and O–H groups in total. The van der Waals surface area contributed by atoms with Gasteiger partial charge in [0.05, 0.1) is 17.2 Å². The fourth-order valence-corrected chi connectivity index (χ4v) is 6.76. The van der Waals surface area contributed by atoms with E-state index in [0.29, 0.717) is 24.3 Å². The lowest BCUT2D eigenvalue weighted by Crippen LogP contribution is -2.51. The molecule has 0 radical (unpaired) electrons. The van der Waals surface area contributed by atoms with Crippen molar-refractivity contribution in [3.8, 4) is 5.75 Å². The molecule has 1 saturated heterocycles. The van der Waals surface area contributed by atoms with Gasteiger partial charge in [0, 0.05) is 78.8 Å². The number of anilines is 2. The Morgan fingerprint density at radius 2 is 1.50 bits per heavy atom. The number of amides is 2. The van der Waals surface area contributed by atoms with E-state index in [-0.39, 0.29) is 23.8 Å². The number of rotatable bonds is 12. The normalized spacial score (nSPS) is 15.6. The first-order valence-electron chi connectivity index (χ1n) is 16.5. The van der Waals surface area contributed by atoms with Gasteiger partial charge in [-0.15, -0.1) is 0 Å². The summed E-state index contributed by atoms with van der Waals surface area (Å²) in [5.74, 6) is 0.296. The number of imide groups is 1. The molecular formula is C39H45N5O3S. The minimum Gasteiger partial charge on any atom is -0.493 e. The fraction of sp³-hybridized carbons (Fsp3) is 0.359. The Morgan fingerprint density at radius 1 is 0.854 bits per heavy atom. The van der Waals surface area contributed by atoms with Crippen LogP contribution in [0, 0.1) is 10.8 Å². The summed E-state index contributed by atoms with van der Waals surface area (Å²) >= 11 is 1.38. The van der Waals surface area contributed by atoms with Gasteiger partial charge in [0.1, 0.15) is 5.75 Å². The van der Waals surface area contributed by atoms with Gasteiger partial charge in [0.25, 0.3) is 11.8 Å². The van der Waals surface area contributed by atoms with E-state index in [4.69, 9.17) is 4.74 Å². The number of ether oxygens (including phenoxy) is 1. The number of carbonyl (C=O) groups excluding carboxylic acids is 2. The van der Waals surface area contributed by atoms with Crippen LogP contribution < -0.4 is 15.0 Å². The van der Waals surface area contributed by atoms with Crippen molar-refractivity contribution in [2.45, 2.75) is 39.1 Å². The van der Waals surface area contributed by atoms with E-state index in [0.717, 1.165) is 58.8 Å². The summed E-state index contributed by atoms with van der Waals surface area (Å²) in [6, 6.07) is 25.9. The SMILES string of the molecule is C=NSc1ccc(N2CCN(C)CC2)cc1NCc1ccc(OCC(C)(C)C(C)(C)CN2C(=O)c3cccc4cccc(c34)C2=O)cc1. The van der Waals surface area contributed by atoms with Gasteiger partial charge in [-0.05, 0) is 72.6 Å². The Bertz CT molecular complexity index is 1780. The molecular weight excluding hydrogens is 619 g/mol. The van der Waals surface area contributed by atoms with Crippen molar-refractivity contribution in [2.75, 3.05) is 56.6 Å². The van der Waals surface area contributed by atoms with Crippen LogP contribution in [0.5, 0.6) is 5.75 Å². The van der Waals surface area contributed by atoms with E-state index in [2.05, 4.69) is 91.3 Å². The number of hydrogen-bond donors (Lipinski definition) is 1.